The Bertz CT molecular complexity index is 1510. The molecule has 2 aromatic carbocycles. The van der Waals surface area contributed by atoms with Crippen molar-refractivity contribution in [2.75, 3.05) is 73.2 Å². The SMILES string of the molecule is CC(C)(CO)COC(=O)c1ccc(C(=O)OCC(C)(C)CO)cc1.CCOP(C)(=O)OCC(C)(C)COC(=O)c1ccc(C(=O)OCC(C)(C)COC)cc1. The quantitative estimate of drug-likeness (QED) is 0.0779. The molecule has 2 N–H and O–H groups in total. The van der Waals surface area contributed by atoms with Crippen LogP contribution in [0.15, 0.2) is 48.5 Å². The van der Waals surface area contributed by atoms with E-state index in [2.05, 4.69) is 0 Å². The summed E-state index contributed by atoms with van der Waals surface area (Å²) in [6, 6.07) is 12.0. The van der Waals surface area contributed by atoms with E-state index in [0.29, 0.717) is 28.9 Å². The molecular formula is C40H61O14P. The third-order valence-electron chi connectivity index (χ3n) is 7.53. The molecule has 0 aliphatic heterocycles. The van der Waals surface area contributed by atoms with Gasteiger partial charge in [-0.15, -0.1) is 0 Å². The van der Waals surface area contributed by atoms with Gasteiger partial charge in [0.05, 0.1) is 81.7 Å². The van der Waals surface area contributed by atoms with Crippen LogP contribution in [0.5, 0.6) is 0 Å². The Labute approximate surface area is 325 Å². The monoisotopic (exact) mass is 796 g/mol. The summed E-state index contributed by atoms with van der Waals surface area (Å²) in [6.45, 7) is 19.0. The average molecular weight is 797 g/mol. The van der Waals surface area contributed by atoms with Crippen molar-refractivity contribution >= 4 is 31.5 Å². The number of ether oxygens (including phenoxy) is 5. The fourth-order valence-corrected chi connectivity index (χ4v) is 5.12. The molecule has 55 heavy (non-hydrogen) atoms. The molecule has 15 heteroatoms. The summed E-state index contributed by atoms with van der Waals surface area (Å²) in [6.07, 6.45) is 0. The fourth-order valence-electron chi connectivity index (χ4n) is 3.99. The topological polar surface area (TPSA) is 190 Å². The first-order valence-corrected chi connectivity index (χ1v) is 19.9. The number of methoxy groups -OCH3 is 1. The number of aliphatic hydroxyl groups is 2. The highest BCUT2D eigenvalue weighted by atomic mass is 31.2. The fraction of sp³-hybridized carbons (Fsp3) is 0.600. The number of carbonyl (C=O) groups is 4. The molecular weight excluding hydrogens is 735 g/mol. The van der Waals surface area contributed by atoms with Gasteiger partial charge in [0.25, 0.3) is 0 Å². The number of hydrogen-bond acceptors (Lipinski definition) is 14. The molecule has 0 aromatic heterocycles. The van der Waals surface area contributed by atoms with Crippen LogP contribution in [-0.4, -0.2) is 107 Å². The summed E-state index contributed by atoms with van der Waals surface area (Å²) in [5, 5.41) is 18.3. The van der Waals surface area contributed by atoms with Gasteiger partial charge in [0.2, 0.25) is 0 Å². The molecule has 1 atom stereocenters. The molecule has 0 spiro atoms. The molecule has 0 radical (unpaired) electrons. The molecule has 2 aromatic rings. The Balaban J connectivity index is 0.000000568. The normalized spacial score (nSPS) is 13.1. The van der Waals surface area contributed by atoms with Crippen LogP contribution in [0.4, 0.5) is 0 Å². The van der Waals surface area contributed by atoms with E-state index in [0.717, 1.165) is 0 Å². The van der Waals surface area contributed by atoms with Gasteiger partial charge < -0.3 is 42.9 Å². The van der Waals surface area contributed by atoms with Crippen LogP contribution < -0.4 is 0 Å². The maximum Gasteiger partial charge on any atom is 0.338 e. The lowest BCUT2D eigenvalue weighted by molar-refractivity contribution is 0.0134. The second-order valence-corrected chi connectivity index (χ2v) is 18.4. The summed E-state index contributed by atoms with van der Waals surface area (Å²) < 4.78 is 48.6. The van der Waals surface area contributed by atoms with Crippen molar-refractivity contribution in [1.29, 1.82) is 0 Å². The van der Waals surface area contributed by atoms with Crippen molar-refractivity contribution in [3.05, 3.63) is 70.8 Å². The first-order chi connectivity index (χ1) is 25.4. The highest BCUT2D eigenvalue weighted by molar-refractivity contribution is 7.52. The Morgan fingerprint density at radius 2 is 0.782 bits per heavy atom. The molecule has 0 amide bonds. The van der Waals surface area contributed by atoms with Crippen LogP contribution in [0.25, 0.3) is 0 Å². The Hall–Kier alpha value is -3.65. The molecule has 0 aliphatic rings. The van der Waals surface area contributed by atoms with Crippen LogP contribution >= 0.6 is 7.60 Å². The first kappa shape index (κ1) is 49.4. The van der Waals surface area contributed by atoms with Crippen LogP contribution in [0, 0.1) is 21.7 Å². The molecule has 0 bridgehead atoms. The zero-order chi connectivity index (χ0) is 42.1. The minimum absolute atomic E-state index is 0.0658. The van der Waals surface area contributed by atoms with E-state index >= 15 is 0 Å². The van der Waals surface area contributed by atoms with E-state index in [9.17, 15) is 23.7 Å². The van der Waals surface area contributed by atoms with Crippen molar-refractivity contribution in [3.63, 3.8) is 0 Å². The predicted molar refractivity (Wildman–Crippen MR) is 206 cm³/mol. The van der Waals surface area contributed by atoms with Crippen LogP contribution in [0.1, 0.15) is 104 Å². The van der Waals surface area contributed by atoms with Crippen molar-refractivity contribution in [1.82, 2.24) is 0 Å². The van der Waals surface area contributed by atoms with Gasteiger partial charge in [0.15, 0.2) is 0 Å². The van der Waals surface area contributed by atoms with Gasteiger partial charge in [-0.1, -0.05) is 55.4 Å². The Morgan fingerprint density at radius 1 is 0.509 bits per heavy atom. The molecule has 0 saturated heterocycles. The zero-order valence-electron chi connectivity index (χ0n) is 34.2. The van der Waals surface area contributed by atoms with E-state index in [1.54, 1.807) is 41.7 Å². The summed E-state index contributed by atoms with van der Waals surface area (Å²) in [5.41, 5.74) is -0.572. The summed E-state index contributed by atoms with van der Waals surface area (Å²) in [7, 11) is -1.53. The van der Waals surface area contributed by atoms with Crippen LogP contribution in [-0.2, 0) is 37.3 Å². The highest BCUT2D eigenvalue weighted by Gasteiger charge is 2.27. The highest BCUT2D eigenvalue weighted by Crippen LogP contribution is 2.45. The maximum atomic E-state index is 12.3. The summed E-state index contributed by atoms with van der Waals surface area (Å²) in [4.78, 5) is 48.4. The molecule has 14 nitrogen and oxygen atoms in total. The molecule has 0 heterocycles. The average Bonchev–Trinajstić information content (AvgIpc) is 3.14. The minimum Gasteiger partial charge on any atom is -0.461 e. The van der Waals surface area contributed by atoms with Crippen molar-refractivity contribution in [3.8, 4) is 0 Å². The molecule has 0 saturated carbocycles. The van der Waals surface area contributed by atoms with E-state index < -0.39 is 47.7 Å². The van der Waals surface area contributed by atoms with Gasteiger partial charge in [-0.25, -0.2) is 19.2 Å². The van der Waals surface area contributed by atoms with E-state index in [1.165, 1.54) is 55.2 Å². The molecule has 0 aliphatic carbocycles. The van der Waals surface area contributed by atoms with Crippen LogP contribution in [0.2, 0.25) is 0 Å². The van der Waals surface area contributed by atoms with E-state index in [-0.39, 0.29) is 58.3 Å². The predicted octanol–water partition coefficient (Wildman–Crippen LogP) is 6.61. The second-order valence-electron chi connectivity index (χ2n) is 16.3. The van der Waals surface area contributed by atoms with Gasteiger partial charge in [-0.05, 0) is 55.5 Å². The minimum atomic E-state index is -3.12. The van der Waals surface area contributed by atoms with Gasteiger partial charge in [-0.3, -0.25) is 4.57 Å². The maximum absolute atomic E-state index is 12.3. The smallest absolute Gasteiger partial charge is 0.338 e. The van der Waals surface area contributed by atoms with Gasteiger partial charge in [-0.2, -0.15) is 0 Å². The third kappa shape index (κ3) is 19.7. The molecule has 2 rings (SSSR count). The van der Waals surface area contributed by atoms with Crippen molar-refractivity contribution < 1.29 is 66.7 Å². The number of hydrogen-bond donors (Lipinski definition) is 2. The lowest BCUT2D eigenvalue weighted by atomic mass is 9.96. The number of benzene rings is 2. The Morgan fingerprint density at radius 3 is 1.04 bits per heavy atom. The number of carbonyl (C=O) groups excluding carboxylic acids is 4. The molecule has 310 valence electrons. The lowest BCUT2D eigenvalue weighted by Gasteiger charge is -2.25. The third-order valence-corrected chi connectivity index (χ3v) is 8.86. The van der Waals surface area contributed by atoms with Gasteiger partial charge >= 0.3 is 31.5 Å². The molecule has 0 fully saturated rings. The van der Waals surface area contributed by atoms with Crippen molar-refractivity contribution in [2.45, 2.75) is 62.3 Å². The first-order valence-electron chi connectivity index (χ1n) is 17.9. The van der Waals surface area contributed by atoms with Crippen molar-refractivity contribution in [2.24, 2.45) is 21.7 Å². The Kier molecular flexibility index (Phi) is 19.9. The van der Waals surface area contributed by atoms with Gasteiger partial charge in [0, 0.05) is 35.4 Å². The van der Waals surface area contributed by atoms with Crippen LogP contribution in [0.3, 0.4) is 0 Å². The van der Waals surface area contributed by atoms with Gasteiger partial charge in [0.1, 0.15) is 0 Å². The number of aliphatic hydroxyl groups excluding tert-OH is 2. The second kappa shape index (κ2) is 22.2. The number of esters is 4. The zero-order valence-corrected chi connectivity index (χ0v) is 35.1. The summed E-state index contributed by atoms with van der Waals surface area (Å²) in [5.74, 6) is -2.03. The number of rotatable bonds is 21. The lowest BCUT2D eigenvalue weighted by Crippen LogP contribution is -2.27. The standard InChI is InChI=1S/C22H35O8P.C18H26O6/c1-8-29-31(7,25)30-16-22(4,5)15-28-20(24)18-11-9-17(10-12-18)19(23)27-14-21(2,3)13-26-6;1-17(2,9-19)11-23-15(21)13-5-7-14(8-6-13)16(22)24-12-18(3,4)10-20/h9-12H,8,13-16H2,1-7H3;5-8,19-20H,9-12H2,1-4H3. The van der Waals surface area contributed by atoms with E-state index in [4.69, 9.17) is 42.9 Å². The summed E-state index contributed by atoms with van der Waals surface area (Å²) >= 11 is 0. The largest absolute Gasteiger partial charge is 0.461 e. The van der Waals surface area contributed by atoms with E-state index in [1.807, 2.05) is 27.7 Å². The molecule has 1 unspecified atom stereocenters.